The molecule has 0 radical (unpaired) electrons. The predicted octanol–water partition coefficient (Wildman–Crippen LogP) is 2.35. The molecule has 1 saturated heterocycles. The smallest absolute Gasteiger partial charge is 0.317 e. The number of amides is 2. The molecule has 0 bridgehead atoms. The zero-order chi connectivity index (χ0) is 16.1. The van der Waals surface area contributed by atoms with E-state index in [9.17, 15) is 4.79 Å². The molecular formula is C16H21N5OS. The van der Waals surface area contributed by atoms with Crippen LogP contribution in [0, 0.1) is 0 Å². The lowest BCUT2D eigenvalue weighted by atomic mass is 10.1. The lowest BCUT2D eigenvalue weighted by Gasteiger charge is -2.34. The Bertz CT molecular complexity index is 619. The van der Waals surface area contributed by atoms with E-state index in [1.165, 1.54) is 0 Å². The molecule has 1 atom stereocenters. The lowest BCUT2D eigenvalue weighted by Crippen LogP contribution is -2.51. The van der Waals surface area contributed by atoms with Crippen molar-refractivity contribution < 1.29 is 4.79 Å². The molecule has 6 nitrogen and oxygen atoms in total. The summed E-state index contributed by atoms with van der Waals surface area (Å²) in [6.07, 6.45) is 5.51. The number of piperidine rings is 1. The highest BCUT2D eigenvalue weighted by molar-refractivity contribution is 7.07. The van der Waals surface area contributed by atoms with Crippen LogP contribution in [0.5, 0.6) is 0 Å². The van der Waals surface area contributed by atoms with Gasteiger partial charge < -0.3 is 15.1 Å². The van der Waals surface area contributed by atoms with Crippen molar-refractivity contribution in [2.75, 3.05) is 25.0 Å². The van der Waals surface area contributed by atoms with Crippen LogP contribution in [0.2, 0.25) is 0 Å². The maximum absolute atomic E-state index is 12.3. The van der Waals surface area contributed by atoms with Crippen molar-refractivity contribution in [1.82, 2.24) is 20.2 Å². The zero-order valence-electron chi connectivity index (χ0n) is 13.2. The van der Waals surface area contributed by atoms with Crippen LogP contribution in [0.25, 0.3) is 0 Å². The SMILES string of the molecule is CN(Cc1ccsc1)C(=O)N[C@H]1CCCN(c2ncccn2)C1. The summed E-state index contributed by atoms with van der Waals surface area (Å²) in [5.41, 5.74) is 1.16. The maximum Gasteiger partial charge on any atom is 0.317 e. The fraction of sp³-hybridized carbons (Fsp3) is 0.438. The van der Waals surface area contributed by atoms with Gasteiger partial charge in [-0.1, -0.05) is 0 Å². The quantitative estimate of drug-likeness (QED) is 0.934. The first-order chi connectivity index (χ1) is 11.2. The molecule has 0 saturated carbocycles. The minimum absolute atomic E-state index is 0.0305. The van der Waals surface area contributed by atoms with Crippen molar-refractivity contribution in [2.24, 2.45) is 0 Å². The number of urea groups is 1. The Morgan fingerprint density at radius 1 is 1.48 bits per heavy atom. The third-order valence-electron chi connectivity index (χ3n) is 3.93. The summed E-state index contributed by atoms with van der Waals surface area (Å²) in [5, 5.41) is 7.22. The first-order valence-electron chi connectivity index (χ1n) is 7.77. The third-order valence-corrected chi connectivity index (χ3v) is 4.66. The van der Waals surface area contributed by atoms with Crippen LogP contribution >= 0.6 is 11.3 Å². The predicted molar refractivity (Wildman–Crippen MR) is 91.6 cm³/mol. The molecule has 2 amide bonds. The summed E-state index contributed by atoms with van der Waals surface area (Å²) in [5.74, 6) is 0.734. The Kier molecular flexibility index (Phi) is 5.07. The van der Waals surface area contributed by atoms with Crippen molar-refractivity contribution >= 4 is 23.3 Å². The first kappa shape index (κ1) is 15.7. The van der Waals surface area contributed by atoms with E-state index in [-0.39, 0.29) is 12.1 Å². The topological polar surface area (TPSA) is 61.4 Å². The third kappa shape index (κ3) is 4.19. The van der Waals surface area contributed by atoms with Gasteiger partial charge in [-0.25, -0.2) is 14.8 Å². The highest BCUT2D eigenvalue weighted by atomic mass is 32.1. The number of carbonyl (C=O) groups excluding carboxylic acids is 1. The van der Waals surface area contributed by atoms with Gasteiger partial charge in [0.05, 0.1) is 0 Å². The standard InChI is InChI=1S/C16H21N5OS/c1-20(10-13-5-9-23-12-13)16(22)19-14-4-2-8-21(11-14)15-17-6-3-7-18-15/h3,5-7,9,12,14H,2,4,8,10-11H2,1H3,(H,19,22)/t14-/m0/s1. The van der Waals surface area contributed by atoms with Gasteiger partial charge in [-0.15, -0.1) is 0 Å². The van der Waals surface area contributed by atoms with E-state index in [0.717, 1.165) is 37.4 Å². The van der Waals surface area contributed by atoms with E-state index in [2.05, 4.69) is 25.6 Å². The highest BCUT2D eigenvalue weighted by Gasteiger charge is 2.24. The Hall–Kier alpha value is -2.15. The average molecular weight is 331 g/mol. The van der Waals surface area contributed by atoms with Gasteiger partial charge in [0.1, 0.15) is 0 Å². The molecule has 0 aliphatic carbocycles. The van der Waals surface area contributed by atoms with Crippen LogP contribution in [0.4, 0.5) is 10.7 Å². The molecule has 7 heteroatoms. The number of hydrogen-bond donors (Lipinski definition) is 1. The van der Waals surface area contributed by atoms with E-state index in [4.69, 9.17) is 0 Å². The summed E-state index contributed by atoms with van der Waals surface area (Å²) >= 11 is 1.65. The molecule has 0 spiro atoms. The molecule has 2 aromatic rings. The van der Waals surface area contributed by atoms with E-state index < -0.39 is 0 Å². The summed E-state index contributed by atoms with van der Waals surface area (Å²) < 4.78 is 0. The summed E-state index contributed by atoms with van der Waals surface area (Å²) in [4.78, 5) is 24.8. The molecule has 1 fully saturated rings. The largest absolute Gasteiger partial charge is 0.339 e. The second-order valence-corrected chi connectivity index (χ2v) is 6.55. The molecule has 3 rings (SSSR count). The Morgan fingerprint density at radius 2 is 2.30 bits per heavy atom. The Balaban J connectivity index is 1.54. The van der Waals surface area contributed by atoms with E-state index >= 15 is 0 Å². The van der Waals surface area contributed by atoms with Crippen LogP contribution in [0.1, 0.15) is 18.4 Å². The van der Waals surface area contributed by atoms with Crippen LogP contribution < -0.4 is 10.2 Å². The number of aromatic nitrogens is 2. The van der Waals surface area contributed by atoms with E-state index in [1.807, 2.05) is 24.6 Å². The number of rotatable bonds is 4. The number of nitrogens with zero attached hydrogens (tertiary/aromatic N) is 4. The zero-order valence-corrected chi connectivity index (χ0v) is 14.0. The van der Waals surface area contributed by atoms with Gasteiger partial charge in [0.2, 0.25) is 5.95 Å². The van der Waals surface area contributed by atoms with E-state index in [0.29, 0.717) is 6.54 Å². The van der Waals surface area contributed by atoms with Gasteiger partial charge in [-0.3, -0.25) is 0 Å². The van der Waals surface area contributed by atoms with Gasteiger partial charge in [0, 0.05) is 45.1 Å². The Morgan fingerprint density at radius 3 is 3.04 bits per heavy atom. The molecule has 0 aromatic carbocycles. The maximum atomic E-state index is 12.3. The van der Waals surface area contributed by atoms with Crippen molar-refractivity contribution in [3.8, 4) is 0 Å². The van der Waals surface area contributed by atoms with Crippen LogP contribution in [-0.4, -0.2) is 47.1 Å². The van der Waals surface area contributed by atoms with Gasteiger partial charge in [-0.05, 0) is 41.3 Å². The minimum Gasteiger partial charge on any atom is -0.339 e. The van der Waals surface area contributed by atoms with Crippen LogP contribution in [0.3, 0.4) is 0 Å². The number of anilines is 1. The molecule has 1 N–H and O–H groups in total. The van der Waals surface area contributed by atoms with Crippen molar-refractivity contribution in [3.05, 3.63) is 40.8 Å². The molecular weight excluding hydrogens is 310 g/mol. The van der Waals surface area contributed by atoms with Crippen LogP contribution in [0.15, 0.2) is 35.3 Å². The van der Waals surface area contributed by atoms with Crippen LogP contribution in [-0.2, 0) is 6.54 Å². The number of carbonyl (C=O) groups is 1. The molecule has 23 heavy (non-hydrogen) atoms. The molecule has 122 valence electrons. The summed E-state index contributed by atoms with van der Waals surface area (Å²) in [6.45, 7) is 2.32. The van der Waals surface area contributed by atoms with Crippen molar-refractivity contribution in [3.63, 3.8) is 0 Å². The van der Waals surface area contributed by atoms with Crippen molar-refractivity contribution in [2.45, 2.75) is 25.4 Å². The number of nitrogens with one attached hydrogen (secondary N) is 1. The van der Waals surface area contributed by atoms with Crippen molar-refractivity contribution in [1.29, 1.82) is 0 Å². The highest BCUT2D eigenvalue weighted by Crippen LogP contribution is 2.15. The monoisotopic (exact) mass is 331 g/mol. The molecule has 3 heterocycles. The second kappa shape index (κ2) is 7.41. The Labute approximate surface area is 140 Å². The van der Waals surface area contributed by atoms with Gasteiger partial charge in [0.25, 0.3) is 0 Å². The molecule has 2 aromatic heterocycles. The summed E-state index contributed by atoms with van der Waals surface area (Å²) in [6, 6.07) is 3.96. The van der Waals surface area contributed by atoms with Gasteiger partial charge in [-0.2, -0.15) is 11.3 Å². The lowest BCUT2D eigenvalue weighted by molar-refractivity contribution is 0.201. The number of hydrogen-bond acceptors (Lipinski definition) is 5. The molecule has 0 unspecified atom stereocenters. The second-order valence-electron chi connectivity index (χ2n) is 5.77. The normalized spacial score (nSPS) is 17.8. The summed E-state index contributed by atoms with van der Waals surface area (Å²) in [7, 11) is 1.83. The van der Waals surface area contributed by atoms with Gasteiger partial charge in [0.15, 0.2) is 0 Å². The fourth-order valence-corrected chi connectivity index (χ4v) is 3.40. The van der Waals surface area contributed by atoms with Gasteiger partial charge >= 0.3 is 6.03 Å². The number of thiophene rings is 1. The minimum atomic E-state index is -0.0305. The molecule has 1 aliphatic rings. The van der Waals surface area contributed by atoms with E-state index in [1.54, 1.807) is 28.6 Å². The average Bonchev–Trinajstić information content (AvgIpc) is 3.09. The fourth-order valence-electron chi connectivity index (χ4n) is 2.74. The first-order valence-corrected chi connectivity index (χ1v) is 8.71. The molecule has 1 aliphatic heterocycles.